The maximum Gasteiger partial charge on any atom is 0.225 e. The van der Waals surface area contributed by atoms with Crippen molar-refractivity contribution in [1.82, 2.24) is 9.88 Å². The van der Waals surface area contributed by atoms with Gasteiger partial charge in [0.2, 0.25) is 5.91 Å². The monoisotopic (exact) mass is 473 g/mol. The molecule has 0 saturated heterocycles. The quantitative estimate of drug-likeness (QED) is 0.464. The lowest BCUT2D eigenvalue weighted by Gasteiger charge is -2.22. The Bertz CT molecular complexity index is 968. The molecule has 7 heteroatoms. The van der Waals surface area contributed by atoms with Crippen molar-refractivity contribution in [1.29, 1.82) is 0 Å². The lowest BCUT2D eigenvalue weighted by molar-refractivity contribution is -0.116. The highest BCUT2D eigenvalue weighted by Crippen LogP contribution is 2.19. The fourth-order valence-electron chi connectivity index (χ4n) is 3.00. The van der Waals surface area contributed by atoms with Gasteiger partial charge in [-0.1, -0.05) is 34.1 Å². The van der Waals surface area contributed by atoms with Gasteiger partial charge >= 0.3 is 0 Å². The molecule has 4 nitrogen and oxygen atoms in total. The first-order valence-corrected chi connectivity index (χ1v) is 10.4. The first-order valence-electron chi connectivity index (χ1n) is 9.61. The van der Waals surface area contributed by atoms with Crippen LogP contribution in [-0.4, -0.2) is 28.9 Å². The Kier molecular flexibility index (Phi) is 8.04. The molecule has 3 aromatic rings. The highest BCUT2D eigenvalue weighted by molar-refractivity contribution is 9.10. The second-order valence-corrected chi connectivity index (χ2v) is 7.81. The van der Waals surface area contributed by atoms with Gasteiger partial charge in [-0.05, 0) is 48.0 Å². The number of pyridine rings is 1. The number of nitrogens with zero attached hydrogens (tertiary/aromatic N) is 2. The topological polar surface area (TPSA) is 45.2 Å². The van der Waals surface area contributed by atoms with Gasteiger partial charge in [-0.15, -0.1) is 0 Å². The van der Waals surface area contributed by atoms with Crippen LogP contribution in [0.15, 0.2) is 71.3 Å². The van der Waals surface area contributed by atoms with Gasteiger partial charge in [-0.2, -0.15) is 0 Å². The van der Waals surface area contributed by atoms with E-state index in [2.05, 4.69) is 31.1 Å². The number of aromatic nitrogens is 1. The van der Waals surface area contributed by atoms with Crippen molar-refractivity contribution in [2.45, 2.75) is 19.4 Å². The lowest BCUT2D eigenvalue weighted by atomic mass is 10.2. The Labute approximate surface area is 183 Å². The van der Waals surface area contributed by atoms with E-state index >= 15 is 0 Å². The zero-order chi connectivity index (χ0) is 21.3. The minimum atomic E-state index is -0.490. The number of benzene rings is 2. The number of hydrogen-bond donors (Lipinski definition) is 1. The van der Waals surface area contributed by atoms with Gasteiger partial charge in [0.25, 0.3) is 0 Å². The Hall–Kier alpha value is -2.64. The molecule has 3 rings (SSSR count). The summed E-state index contributed by atoms with van der Waals surface area (Å²) in [5.41, 5.74) is 2.07. The fourth-order valence-corrected chi connectivity index (χ4v) is 3.33. The highest BCUT2D eigenvalue weighted by atomic mass is 79.9. The molecule has 0 radical (unpaired) electrons. The van der Waals surface area contributed by atoms with Crippen molar-refractivity contribution in [2.75, 3.05) is 18.4 Å². The molecule has 0 atom stereocenters. The Balaban J connectivity index is 1.60. The zero-order valence-corrected chi connectivity index (χ0v) is 17.9. The van der Waals surface area contributed by atoms with E-state index in [0.717, 1.165) is 17.7 Å². The van der Waals surface area contributed by atoms with Gasteiger partial charge in [0.1, 0.15) is 11.6 Å². The van der Waals surface area contributed by atoms with Crippen LogP contribution >= 0.6 is 15.9 Å². The van der Waals surface area contributed by atoms with E-state index < -0.39 is 5.82 Å². The standard InChI is InChI=1S/C23H22BrF2N3O/c24-18-6-9-22(21(26)15-18)28-23(30)11-14-29(13-10-20-3-1-2-12-27-20)16-17-4-7-19(25)8-5-17/h1-9,12,15H,10-11,13-14,16H2,(H,28,30). The molecule has 2 aromatic carbocycles. The molecular weight excluding hydrogens is 452 g/mol. The number of rotatable bonds is 9. The molecule has 0 unspecified atom stereocenters. The van der Waals surface area contributed by atoms with Gasteiger partial charge in [0.15, 0.2) is 0 Å². The van der Waals surface area contributed by atoms with Gasteiger partial charge < -0.3 is 5.32 Å². The van der Waals surface area contributed by atoms with Crippen molar-refractivity contribution in [3.63, 3.8) is 0 Å². The van der Waals surface area contributed by atoms with Crippen molar-refractivity contribution in [3.8, 4) is 0 Å². The smallest absolute Gasteiger partial charge is 0.225 e. The second-order valence-electron chi connectivity index (χ2n) is 6.90. The first kappa shape index (κ1) is 22.1. The largest absolute Gasteiger partial charge is 0.324 e. The SMILES string of the molecule is O=C(CCN(CCc1ccccn1)Cc1ccc(F)cc1)Nc1ccc(Br)cc1F. The number of amides is 1. The third kappa shape index (κ3) is 7.00. The van der Waals surface area contributed by atoms with Crippen LogP contribution in [0.3, 0.4) is 0 Å². The Morgan fingerprint density at radius 1 is 1.03 bits per heavy atom. The van der Waals surface area contributed by atoms with Crippen LogP contribution in [0.25, 0.3) is 0 Å². The molecule has 0 aliphatic rings. The molecule has 156 valence electrons. The first-order chi connectivity index (χ1) is 14.5. The normalized spacial score (nSPS) is 10.9. The van der Waals surface area contributed by atoms with E-state index in [9.17, 15) is 13.6 Å². The van der Waals surface area contributed by atoms with Crippen molar-refractivity contribution in [2.24, 2.45) is 0 Å². The van der Waals surface area contributed by atoms with Gasteiger partial charge in [0, 0.05) is 48.8 Å². The predicted octanol–water partition coefficient (Wildman–Crippen LogP) is 5.20. The molecule has 0 aliphatic heterocycles. The van der Waals surface area contributed by atoms with E-state index in [-0.39, 0.29) is 23.8 Å². The third-order valence-corrected chi connectivity index (χ3v) is 5.08. The molecule has 1 aromatic heterocycles. The third-order valence-electron chi connectivity index (χ3n) is 4.59. The number of carbonyl (C=O) groups is 1. The van der Waals surface area contributed by atoms with Crippen LogP contribution in [0.2, 0.25) is 0 Å². The molecule has 0 spiro atoms. The summed E-state index contributed by atoms with van der Waals surface area (Å²) in [6.07, 6.45) is 2.68. The molecular formula is C23H22BrF2N3O. The number of nitrogens with one attached hydrogen (secondary N) is 1. The summed E-state index contributed by atoms with van der Waals surface area (Å²) in [5.74, 6) is -1.04. The van der Waals surface area contributed by atoms with Crippen LogP contribution < -0.4 is 5.32 Å². The van der Waals surface area contributed by atoms with Crippen molar-refractivity contribution >= 4 is 27.5 Å². The predicted molar refractivity (Wildman–Crippen MR) is 117 cm³/mol. The maximum absolute atomic E-state index is 13.9. The van der Waals surface area contributed by atoms with Gasteiger partial charge in [-0.3, -0.25) is 14.7 Å². The van der Waals surface area contributed by atoms with Crippen LogP contribution in [0.4, 0.5) is 14.5 Å². The number of anilines is 1. The average molecular weight is 474 g/mol. The molecule has 1 heterocycles. The summed E-state index contributed by atoms with van der Waals surface area (Å²) in [6, 6.07) is 16.6. The molecule has 30 heavy (non-hydrogen) atoms. The van der Waals surface area contributed by atoms with E-state index in [1.807, 2.05) is 18.2 Å². The van der Waals surface area contributed by atoms with E-state index in [1.54, 1.807) is 24.4 Å². The van der Waals surface area contributed by atoms with E-state index in [0.29, 0.717) is 24.1 Å². The van der Waals surface area contributed by atoms with Crippen LogP contribution in [-0.2, 0) is 17.8 Å². The zero-order valence-electron chi connectivity index (χ0n) is 16.3. The molecule has 0 bridgehead atoms. The number of halogens is 3. The minimum absolute atomic E-state index is 0.154. The summed E-state index contributed by atoms with van der Waals surface area (Å²) < 4.78 is 27.8. The molecule has 1 N–H and O–H groups in total. The summed E-state index contributed by atoms with van der Waals surface area (Å²) in [5, 5.41) is 2.61. The minimum Gasteiger partial charge on any atom is -0.324 e. The average Bonchev–Trinajstić information content (AvgIpc) is 2.74. The number of hydrogen-bond acceptors (Lipinski definition) is 3. The molecule has 0 aliphatic carbocycles. The van der Waals surface area contributed by atoms with Crippen LogP contribution in [0.1, 0.15) is 17.7 Å². The fraction of sp³-hybridized carbons (Fsp3) is 0.217. The van der Waals surface area contributed by atoms with Crippen LogP contribution in [0.5, 0.6) is 0 Å². The molecule has 0 saturated carbocycles. The van der Waals surface area contributed by atoms with Crippen molar-refractivity contribution < 1.29 is 13.6 Å². The highest BCUT2D eigenvalue weighted by Gasteiger charge is 2.12. The van der Waals surface area contributed by atoms with E-state index in [1.165, 1.54) is 24.3 Å². The van der Waals surface area contributed by atoms with Gasteiger partial charge in [0.05, 0.1) is 5.69 Å². The summed E-state index contributed by atoms with van der Waals surface area (Å²) in [4.78, 5) is 18.8. The summed E-state index contributed by atoms with van der Waals surface area (Å²) >= 11 is 3.20. The van der Waals surface area contributed by atoms with Crippen molar-refractivity contribution in [3.05, 3.63) is 94.2 Å². The lowest BCUT2D eigenvalue weighted by Crippen LogP contribution is -2.30. The number of carbonyl (C=O) groups excluding carboxylic acids is 1. The second kappa shape index (κ2) is 10.9. The Morgan fingerprint density at radius 2 is 1.83 bits per heavy atom. The van der Waals surface area contributed by atoms with Crippen LogP contribution in [0, 0.1) is 11.6 Å². The summed E-state index contributed by atoms with van der Waals surface area (Å²) in [7, 11) is 0. The molecule has 1 amide bonds. The van der Waals surface area contributed by atoms with E-state index in [4.69, 9.17) is 0 Å². The molecule has 0 fully saturated rings. The van der Waals surface area contributed by atoms with Gasteiger partial charge in [-0.25, -0.2) is 8.78 Å². The maximum atomic E-state index is 13.9. The summed E-state index contributed by atoms with van der Waals surface area (Å²) in [6.45, 7) is 1.75. The Morgan fingerprint density at radius 3 is 2.53 bits per heavy atom.